The van der Waals surface area contributed by atoms with Crippen molar-refractivity contribution < 1.29 is 31.5 Å². The van der Waals surface area contributed by atoms with Gasteiger partial charge in [-0.05, 0) is 48.6 Å². The van der Waals surface area contributed by atoms with Gasteiger partial charge in [0.05, 0.1) is 22.8 Å². The zero-order valence-electron chi connectivity index (χ0n) is 16.1. The van der Waals surface area contributed by atoms with E-state index in [1.807, 2.05) is 0 Å². The molecule has 0 aliphatic carbocycles. The second kappa shape index (κ2) is 8.31. The number of carbonyl (C=O) groups is 2. The van der Waals surface area contributed by atoms with Crippen LogP contribution in [0.3, 0.4) is 0 Å². The first-order chi connectivity index (χ1) is 14.1. The minimum atomic E-state index is -3.99. The molecule has 0 radical (unpaired) electrons. The zero-order valence-corrected chi connectivity index (χ0v) is 17.7. The van der Waals surface area contributed by atoms with Crippen LogP contribution in [0.1, 0.15) is 25.0 Å². The Bertz CT molecular complexity index is 1130. The van der Waals surface area contributed by atoms with Crippen molar-refractivity contribution in [3.63, 3.8) is 0 Å². The lowest BCUT2D eigenvalue weighted by molar-refractivity contribution is -0.151. The molecule has 1 N–H and O–H groups in total. The molecule has 1 aliphatic heterocycles. The highest BCUT2D eigenvalue weighted by atomic mass is 35.7. The summed E-state index contributed by atoms with van der Waals surface area (Å²) in [4.78, 5) is 24.2. The minimum absolute atomic E-state index is 0.0752. The van der Waals surface area contributed by atoms with Crippen LogP contribution in [0.2, 0.25) is 0 Å². The number of esters is 1. The van der Waals surface area contributed by atoms with E-state index in [1.165, 1.54) is 12.1 Å². The van der Waals surface area contributed by atoms with Crippen molar-refractivity contribution >= 4 is 37.3 Å². The molecule has 1 atom stereocenters. The predicted octanol–water partition coefficient (Wildman–Crippen LogP) is 3.80. The van der Waals surface area contributed by atoms with Crippen LogP contribution in [0.5, 0.6) is 0 Å². The highest BCUT2D eigenvalue weighted by molar-refractivity contribution is 8.13. The summed E-state index contributed by atoms with van der Waals surface area (Å²) < 4.78 is 58.3. The Morgan fingerprint density at radius 3 is 2.37 bits per heavy atom. The van der Waals surface area contributed by atoms with Gasteiger partial charge in [-0.15, -0.1) is 0 Å². The number of fused-ring (bicyclic) bond motifs is 1. The third-order valence-corrected chi connectivity index (χ3v) is 6.28. The molecule has 0 saturated heterocycles. The monoisotopic (exact) mass is 457 g/mol. The molecule has 1 heterocycles. The van der Waals surface area contributed by atoms with Gasteiger partial charge in [-0.2, -0.15) is 0 Å². The number of hydrogen-bond donors (Lipinski definition) is 1. The van der Waals surface area contributed by atoms with E-state index in [0.717, 1.165) is 12.1 Å². The smallest absolute Gasteiger partial charge is 0.318 e. The van der Waals surface area contributed by atoms with Gasteiger partial charge < -0.3 is 10.1 Å². The molecule has 6 nitrogen and oxygen atoms in total. The molecular weight excluding hydrogens is 440 g/mol. The standard InChI is InChI=1S/C20H18ClF2NO5S/c1-3-12-13-9-14(20(26)29-4-2)19(25)24-18(13)17(23)15(16(12)22)10-5-7-11(8-6-10)30(21,27)28/h5-8,14H,3-4,9H2,1-2H3,(H,24,25). The summed E-state index contributed by atoms with van der Waals surface area (Å²) in [6.07, 6.45) is 0.00171. The SMILES string of the molecule is CCOC(=O)C1Cc2c(CC)c(F)c(-c3ccc(S(=O)(=O)Cl)cc3)c(F)c2NC1=O. The van der Waals surface area contributed by atoms with Crippen molar-refractivity contribution in [1.29, 1.82) is 0 Å². The Balaban J connectivity index is 2.15. The van der Waals surface area contributed by atoms with Gasteiger partial charge in [0.1, 0.15) is 11.7 Å². The van der Waals surface area contributed by atoms with Crippen molar-refractivity contribution in [3.8, 4) is 11.1 Å². The maximum absolute atomic E-state index is 15.3. The lowest BCUT2D eigenvalue weighted by atomic mass is 9.86. The quantitative estimate of drug-likeness (QED) is 0.419. The summed E-state index contributed by atoms with van der Waals surface area (Å²) in [5, 5.41) is 2.37. The number of benzene rings is 2. The van der Waals surface area contributed by atoms with Crippen molar-refractivity contribution in [3.05, 3.63) is 47.0 Å². The van der Waals surface area contributed by atoms with Gasteiger partial charge in [0.15, 0.2) is 5.82 Å². The average Bonchev–Trinajstić information content (AvgIpc) is 2.68. The Morgan fingerprint density at radius 2 is 1.83 bits per heavy atom. The van der Waals surface area contributed by atoms with Crippen LogP contribution >= 0.6 is 10.7 Å². The third-order valence-electron chi connectivity index (χ3n) is 4.91. The topological polar surface area (TPSA) is 89.5 Å². The maximum Gasteiger partial charge on any atom is 0.318 e. The first kappa shape index (κ1) is 22.2. The molecule has 1 amide bonds. The third kappa shape index (κ3) is 3.91. The van der Waals surface area contributed by atoms with Crippen molar-refractivity contribution in [1.82, 2.24) is 0 Å². The molecule has 0 spiro atoms. The highest BCUT2D eigenvalue weighted by Gasteiger charge is 2.38. The number of halogens is 3. The van der Waals surface area contributed by atoms with Crippen LogP contribution in [0.25, 0.3) is 11.1 Å². The highest BCUT2D eigenvalue weighted by Crippen LogP contribution is 2.40. The van der Waals surface area contributed by atoms with Gasteiger partial charge in [-0.25, -0.2) is 17.2 Å². The van der Waals surface area contributed by atoms with E-state index in [9.17, 15) is 18.0 Å². The Kier molecular flexibility index (Phi) is 6.14. The van der Waals surface area contributed by atoms with Crippen molar-refractivity contribution in [2.45, 2.75) is 31.6 Å². The van der Waals surface area contributed by atoms with Crippen LogP contribution < -0.4 is 5.32 Å². The molecular formula is C20H18ClF2NO5S. The average molecular weight is 458 g/mol. The van der Waals surface area contributed by atoms with E-state index in [0.29, 0.717) is 0 Å². The summed E-state index contributed by atoms with van der Waals surface area (Å²) in [5.41, 5.74) is -0.159. The lowest BCUT2D eigenvalue weighted by Gasteiger charge is -2.27. The molecule has 0 bridgehead atoms. The molecule has 3 rings (SSSR count). The van der Waals surface area contributed by atoms with Gasteiger partial charge in [0.25, 0.3) is 9.05 Å². The number of amides is 1. The predicted molar refractivity (Wildman–Crippen MR) is 107 cm³/mol. The molecule has 0 saturated carbocycles. The fourth-order valence-electron chi connectivity index (χ4n) is 3.49. The van der Waals surface area contributed by atoms with Gasteiger partial charge in [0.2, 0.25) is 5.91 Å². The zero-order chi connectivity index (χ0) is 22.2. The van der Waals surface area contributed by atoms with Gasteiger partial charge in [-0.3, -0.25) is 9.59 Å². The summed E-state index contributed by atoms with van der Waals surface area (Å²) in [7, 11) is 1.29. The van der Waals surface area contributed by atoms with E-state index in [2.05, 4.69) is 5.32 Å². The number of rotatable bonds is 5. The second-order valence-electron chi connectivity index (χ2n) is 6.65. The number of carbonyl (C=O) groups excluding carboxylic acids is 2. The summed E-state index contributed by atoms with van der Waals surface area (Å²) in [5.74, 6) is -4.53. The van der Waals surface area contributed by atoms with E-state index < -0.39 is 44.0 Å². The molecule has 0 aromatic heterocycles. The van der Waals surface area contributed by atoms with Crippen LogP contribution in [0.15, 0.2) is 29.2 Å². The molecule has 0 fully saturated rings. The minimum Gasteiger partial charge on any atom is -0.465 e. The molecule has 1 unspecified atom stereocenters. The van der Waals surface area contributed by atoms with E-state index in [4.69, 9.17) is 15.4 Å². The molecule has 2 aromatic carbocycles. The maximum atomic E-state index is 15.3. The molecule has 30 heavy (non-hydrogen) atoms. The largest absolute Gasteiger partial charge is 0.465 e. The van der Waals surface area contributed by atoms with E-state index >= 15 is 8.78 Å². The van der Waals surface area contributed by atoms with E-state index in [1.54, 1.807) is 13.8 Å². The summed E-state index contributed by atoms with van der Waals surface area (Å²) in [6, 6.07) is 4.73. The number of anilines is 1. The van der Waals surface area contributed by atoms with Gasteiger partial charge in [-0.1, -0.05) is 19.1 Å². The molecule has 160 valence electrons. The molecule has 2 aromatic rings. The summed E-state index contributed by atoms with van der Waals surface area (Å²) >= 11 is 0. The number of ether oxygens (including phenoxy) is 1. The Labute approximate surface area is 176 Å². The fourth-order valence-corrected chi connectivity index (χ4v) is 4.26. The Hall–Kier alpha value is -2.52. The Morgan fingerprint density at radius 1 is 1.20 bits per heavy atom. The molecule has 10 heteroatoms. The normalized spacial score (nSPS) is 16.0. The number of nitrogens with one attached hydrogen (secondary N) is 1. The first-order valence-corrected chi connectivity index (χ1v) is 11.5. The van der Waals surface area contributed by atoms with Gasteiger partial charge in [0, 0.05) is 10.7 Å². The van der Waals surface area contributed by atoms with E-state index in [-0.39, 0.29) is 46.7 Å². The van der Waals surface area contributed by atoms with Crippen LogP contribution in [0.4, 0.5) is 14.5 Å². The van der Waals surface area contributed by atoms with Crippen LogP contribution in [-0.4, -0.2) is 26.9 Å². The van der Waals surface area contributed by atoms with Crippen LogP contribution in [-0.2, 0) is 36.2 Å². The first-order valence-electron chi connectivity index (χ1n) is 9.15. The van der Waals surface area contributed by atoms with Crippen LogP contribution in [0, 0.1) is 17.6 Å². The fraction of sp³-hybridized carbons (Fsp3) is 0.300. The second-order valence-corrected chi connectivity index (χ2v) is 9.21. The molecule has 1 aliphatic rings. The van der Waals surface area contributed by atoms with Crippen molar-refractivity contribution in [2.75, 3.05) is 11.9 Å². The summed E-state index contributed by atoms with van der Waals surface area (Å²) in [6.45, 7) is 3.33. The van der Waals surface area contributed by atoms with Gasteiger partial charge >= 0.3 is 5.97 Å². The van der Waals surface area contributed by atoms with Crippen molar-refractivity contribution in [2.24, 2.45) is 5.92 Å². The number of hydrogen-bond acceptors (Lipinski definition) is 5. The lowest BCUT2D eigenvalue weighted by Crippen LogP contribution is -2.37.